The molecule has 9 heteroatoms. The standard InChI is InChI=1S/C22H36N6O2.HI/c1-24-22(25-11-6-13-27-12-5-7-17(15-27)21(23)29)26-18-10-14-28(16-18)19-8-3-4-9-20(19)30-2;/h3-4,8-9,17-18H,5-7,10-16H2,1-2H3,(H2,23,29)(H2,24,25,26);1H. The van der Waals surface area contributed by atoms with Crippen LogP contribution >= 0.6 is 24.0 Å². The van der Waals surface area contributed by atoms with E-state index in [1.807, 2.05) is 25.2 Å². The second-order valence-electron chi connectivity index (χ2n) is 8.14. The zero-order valence-electron chi connectivity index (χ0n) is 18.7. The first kappa shape index (κ1) is 25.5. The fourth-order valence-corrected chi connectivity index (χ4v) is 4.38. The molecule has 2 fully saturated rings. The van der Waals surface area contributed by atoms with E-state index in [-0.39, 0.29) is 35.8 Å². The monoisotopic (exact) mass is 544 g/mol. The molecule has 2 aliphatic heterocycles. The molecule has 0 saturated carbocycles. The summed E-state index contributed by atoms with van der Waals surface area (Å²) in [6, 6.07) is 8.51. The van der Waals surface area contributed by atoms with Crippen LogP contribution in [0.4, 0.5) is 5.69 Å². The van der Waals surface area contributed by atoms with Crippen molar-refractivity contribution in [2.45, 2.75) is 31.7 Å². The van der Waals surface area contributed by atoms with Crippen LogP contribution in [0.25, 0.3) is 0 Å². The van der Waals surface area contributed by atoms with E-state index in [0.717, 1.165) is 82.3 Å². The lowest BCUT2D eigenvalue weighted by Gasteiger charge is -2.31. The summed E-state index contributed by atoms with van der Waals surface area (Å²) in [6.07, 6.45) is 4.04. The molecular formula is C22H37IN6O2. The van der Waals surface area contributed by atoms with Crippen LogP contribution in [0.3, 0.4) is 0 Å². The second-order valence-corrected chi connectivity index (χ2v) is 8.14. The van der Waals surface area contributed by atoms with Crippen LogP contribution < -0.4 is 26.0 Å². The highest BCUT2D eigenvalue weighted by atomic mass is 127. The number of guanidine groups is 1. The van der Waals surface area contributed by atoms with Crippen molar-refractivity contribution in [3.8, 4) is 5.75 Å². The number of piperidine rings is 1. The molecule has 0 radical (unpaired) electrons. The second kappa shape index (κ2) is 12.9. The maximum absolute atomic E-state index is 11.4. The fourth-order valence-electron chi connectivity index (χ4n) is 4.38. The Kier molecular flexibility index (Phi) is 10.7. The first-order valence-corrected chi connectivity index (χ1v) is 11.0. The van der Waals surface area contributed by atoms with Crippen LogP contribution in [0.5, 0.6) is 5.75 Å². The number of carbonyl (C=O) groups excluding carboxylic acids is 1. The van der Waals surface area contributed by atoms with Gasteiger partial charge in [0.1, 0.15) is 5.75 Å². The van der Waals surface area contributed by atoms with E-state index >= 15 is 0 Å². The normalized spacial score (nSPS) is 22.0. The van der Waals surface area contributed by atoms with Gasteiger partial charge in [0, 0.05) is 39.3 Å². The summed E-state index contributed by atoms with van der Waals surface area (Å²) in [5.74, 6) is 1.60. The molecule has 2 unspecified atom stereocenters. The average Bonchev–Trinajstić information content (AvgIpc) is 3.24. The molecule has 0 spiro atoms. The van der Waals surface area contributed by atoms with E-state index in [4.69, 9.17) is 10.5 Å². The lowest BCUT2D eigenvalue weighted by molar-refractivity contribution is -0.123. The number of rotatable bonds is 8. The molecule has 31 heavy (non-hydrogen) atoms. The third-order valence-corrected chi connectivity index (χ3v) is 6.03. The molecule has 0 aliphatic carbocycles. The van der Waals surface area contributed by atoms with Gasteiger partial charge in [0.15, 0.2) is 5.96 Å². The Balaban J connectivity index is 0.00000341. The van der Waals surface area contributed by atoms with Gasteiger partial charge in [-0.15, -0.1) is 24.0 Å². The number of nitrogens with zero attached hydrogens (tertiary/aromatic N) is 3. The van der Waals surface area contributed by atoms with Crippen LogP contribution in [0.1, 0.15) is 25.7 Å². The van der Waals surface area contributed by atoms with Crippen LogP contribution in [-0.2, 0) is 4.79 Å². The molecule has 2 aliphatic rings. The van der Waals surface area contributed by atoms with Gasteiger partial charge in [-0.25, -0.2) is 0 Å². The maximum Gasteiger partial charge on any atom is 0.221 e. The van der Waals surface area contributed by atoms with Gasteiger partial charge in [0.05, 0.1) is 18.7 Å². The van der Waals surface area contributed by atoms with Gasteiger partial charge in [-0.2, -0.15) is 0 Å². The number of carbonyl (C=O) groups is 1. The molecule has 1 aromatic rings. The third-order valence-electron chi connectivity index (χ3n) is 6.03. The lowest BCUT2D eigenvalue weighted by Crippen LogP contribution is -2.46. The first-order chi connectivity index (χ1) is 14.6. The van der Waals surface area contributed by atoms with Crippen molar-refractivity contribution >= 4 is 41.5 Å². The summed E-state index contributed by atoms with van der Waals surface area (Å²) in [6.45, 7) is 5.58. The predicted octanol–water partition coefficient (Wildman–Crippen LogP) is 1.64. The Labute approximate surface area is 203 Å². The number of ether oxygens (including phenoxy) is 1. The quantitative estimate of drug-likeness (QED) is 0.200. The molecule has 2 heterocycles. The number of nitrogens with two attached hydrogens (primary N) is 1. The molecular weight excluding hydrogens is 507 g/mol. The number of hydrogen-bond donors (Lipinski definition) is 3. The van der Waals surface area contributed by atoms with Gasteiger partial charge in [0.2, 0.25) is 5.91 Å². The predicted molar refractivity (Wildman–Crippen MR) is 136 cm³/mol. The Hall–Kier alpha value is -1.75. The minimum atomic E-state index is -0.166. The number of likely N-dealkylation sites (tertiary alicyclic amines) is 1. The molecule has 1 aromatic carbocycles. The minimum absolute atomic E-state index is 0. The number of para-hydroxylation sites is 2. The Morgan fingerprint density at radius 2 is 2.06 bits per heavy atom. The van der Waals surface area contributed by atoms with Gasteiger partial charge in [-0.1, -0.05) is 12.1 Å². The van der Waals surface area contributed by atoms with Crippen molar-refractivity contribution in [2.75, 3.05) is 58.3 Å². The molecule has 4 N–H and O–H groups in total. The van der Waals surface area contributed by atoms with Gasteiger partial charge in [-0.05, 0) is 50.9 Å². The van der Waals surface area contributed by atoms with E-state index in [0.29, 0.717) is 6.04 Å². The number of hydrogen-bond acceptors (Lipinski definition) is 5. The van der Waals surface area contributed by atoms with Crippen molar-refractivity contribution < 1.29 is 9.53 Å². The van der Waals surface area contributed by atoms with E-state index in [2.05, 4.69) is 31.5 Å². The van der Waals surface area contributed by atoms with Gasteiger partial charge in [-0.3, -0.25) is 9.79 Å². The SMILES string of the molecule is CN=C(NCCCN1CCCC(C(N)=O)C1)NC1CCN(c2ccccc2OC)C1.I. The summed E-state index contributed by atoms with van der Waals surface area (Å²) >= 11 is 0. The minimum Gasteiger partial charge on any atom is -0.495 e. The van der Waals surface area contributed by atoms with Crippen molar-refractivity contribution in [3.05, 3.63) is 24.3 Å². The maximum atomic E-state index is 11.4. The summed E-state index contributed by atoms with van der Waals surface area (Å²) in [5.41, 5.74) is 6.61. The number of methoxy groups -OCH3 is 1. The number of benzene rings is 1. The number of amides is 1. The average molecular weight is 544 g/mol. The lowest BCUT2D eigenvalue weighted by atomic mass is 9.97. The number of aliphatic imine (C=N–C) groups is 1. The van der Waals surface area contributed by atoms with E-state index in [1.165, 1.54) is 0 Å². The molecule has 174 valence electrons. The Morgan fingerprint density at radius 3 is 2.81 bits per heavy atom. The van der Waals surface area contributed by atoms with E-state index < -0.39 is 0 Å². The van der Waals surface area contributed by atoms with Gasteiger partial charge in [0.25, 0.3) is 0 Å². The zero-order valence-corrected chi connectivity index (χ0v) is 21.0. The molecule has 2 atom stereocenters. The number of primary amides is 1. The van der Waals surface area contributed by atoms with Gasteiger partial charge < -0.3 is 30.9 Å². The Bertz CT molecular complexity index is 732. The van der Waals surface area contributed by atoms with Crippen molar-refractivity contribution in [1.82, 2.24) is 15.5 Å². The van der Waals surface area contributed by atoms with Gasteiger partial charge >= 0.3 is 0 Å². The van der Waals surface area contributed by atoms with Crippen LogP contribution in [0.15, 0.2) is 29.3 Å². The molecule has 3 rings (SSSR count). The highest BCUT2D eigenvalue weighted by Gasteiger charge is 2.25. The summed E-state index contributed by atoms with van der Waals surface area (Å²) in [5, 5.41) is 6.97. The smallest absolute Gasteiger partial charge is 0.221 e. The molecule has 2 saturated heterocycles. The van der Waals surface area contributed by atoms with Crippen LogP contribution in [-0.4, -0.2) is 76.2 Å². The van der Waals surface area contributed by atoms with E-state index in [1.54, 1.807) is 7.11 Å². The first-order valence-electron chi connectivity index (χ1n) is 11.0. The Morgan fingerprint density at radius 1 is 1.26 bits per heavy atom. The van der Waals surface area contributed by atoms with Crippen molar-refractivity contribution in [2.24, 2.45) is 16.6 Å². The largest absolute Gasteiger partial charge is 0.495 e. The highest BCUT2D eigenvalue weighted by Crippen LogP contribution is 2.30. The van der Waals surface area contributed by atoms with Crippen LogP contribution in [0.2, 0.25) is 0 Å². The molecule has 1 amide bonds. The fraction of sp³-hybridized carbons (Fsp3) is 0.636. The number of nitrogens with one attached hydrogen (secondary N) is 2. The summed E-state index contributed by atoms with van der Waals surface area (Å²) < 4.78 is 5.50. The van der Waals surface area contributed by atoms with Crippen LogP contribution in [0, 0.1) is 5.92 Å². The van der Waals surface area contributed by atoms with E-state index in [9.17, 15) is 4.79 Å². The molecule has 0 bridgehead atoms. The molecule has 8 nitrogen and oxygen atoms in total. The zero-order chi connectivity index (χ0) is 21.3. The number of anilines is 1. The number of halogens is 1. The summed E-state index contributed by atoms with van der Waals surface area (Å²) in [7, 11) is 3.53. The highest BCUT2D eigenvalue weighted by molar-refractivity contribution is 14.0. The topological polar surface area (TPSA) is 95.2 Å². The molecule has 0 aromatic heterocycles. The third kappa shape index (κ3) is 7.41. The van der Waals surface area contributed by atoms with Crippen molar-refractivity contribution in [3.63, 3.8) is 0 Å². The summed E-state index contributed by atoms with van der Waals surface area (Å²) in [4.78, 5) is 20.5. The van der Waals surface area contributed by atoms with Crippen molar-refractivity contribution in [1.29, 1.82) is 0 Å².